The summed E-state index contributed by atoms with van der Waals surface area (Å²) in [6.07, 6.45) is 5.09. The lowest BCUT2D eigenvalue weighted by Gasteiger charge is -2.15. The molecule has 0 aliphatic carbocycles. The number of hydrogen-bond donors (Lipinski definition) is 2. The van der Waals surface area contributed by atoms with E-state index in [-0.39, 0.29) is 5.91 Å². The van der Waals surface area contributed by atoms with Crippen molar-refractivity contribution in [2.45, 2.75) is 25.7 Å². The summed E-state index contributed by atoms with van der Waals surface area (Å²) >= 11 is 1.35. The fraction of sp³-hybridized carbons (Fsp3) is 0.700. The molecule has 1 aromatic rings. The Balaban J connectivity index is 1.77. The number of nitrogens with one attached hydrogen (secondary N) is 2. The Morgan fingerprint density at radius 3 is 2.75 bits per heavy atom. The zero-order valence-electron chi connectivity index (χ0n) is 9.24. The number of quaternary nitrogens is 1. The summed E-state index contributed by atoms with van der Waals surface area (Å²) in [6.45, 7) is 2.78. The van der Waals surface area contributed by atoms with Crippen molar-refractivity contribution in [3.63, 3.8) is 0 Å². The fourth-order valence-electron chi connectivity index (χ4n) is 2.02. The van der Waals surface area contributed by atoms with E-state index in [9.17, 15) is 4.79 Å². The van der Waals surface area contributed by atoms with E-state index in [0.29, 0.717) is 11.7 Å². The third-order valence-electron chi connectivity index (χ3n) is 2.83. The van der Waals surface area contributed by atoms with Crippen LogP contribution in [0.25, 0.3) is 0 Å². The van der Waals surface area contributed by atoms with Crippen molar-refractivity contribution in [2.24, 2.45) is 0 Å². The average Bonchev–Trinajstić information content (AvgIpc) is 2.62. The zero-order valence-corrected chi connectivity index (χ0v) is 10.1. The summed E-state index contributed by atoms with van der Waals surface area (Å²) in [6, 6.07) is 0. The molecule has 0 radical (unpaired) electrons. The molecule has 1 aliphatic heterocycles. The second-order valence-electron chi connectivity index (χ2n) is 4.13. The van der Waals surface area contributed by atoms with Gasteiger partial charge in [-0.2, -0.15) is 0 Å². The highest BCUT2D eigenvalue weighted by molar-refractivity contribution is 7.13. The van der Waals surface area contributed by atoms with Gasteiger partial charge < -0.3 is 4.90 Å². The molecule has 16 heavy (non-hydrogen) atoms. The van der Waals surface area contributed by atoms with Crippen molar-refractivity contribution in [3.05, 3.63) is 5.51 Å². The third-order valence-corrected chi connectivity index (χ3v) is 3.43. The Morgan fingerprint density at radius 1 is 1.38 bits per heavy atom. The molecule has 6 heteroatoms. The van der Waals surface area contributed by atoms with Crippen molar-refractivity contribution in [1.82, 2.24) is 10.2 Å². The lowest BCUT2D eigenvalue weighted by molar-refractivity contribution is -0.890. The van der Waals surface area contributed by atoms with E-state index in [0.717, 1.165) is 13.1 Å². The molecule has 1 aliphatic rings. The van der Waals surface area contributed by atoms with Gasteiger partial charge in [-0.25, -0.2) is 0 Å². The molecule has 2 rings (SSSR count). The molecule has 1 fully saturated rings. The molecular weight excluding hydrogens is 224 g/mol. The molecule has 0 aromatic carbocycles. The van der Waals surface area contributed by atoms with Crippen LogP contribution in [0.5, 0.6) is 0 Å². The van der Waals surface area contributed by atoms with Crippen LogP contribution in [0.15, 0.2) is 5.51 Å². The first-order valence-electron chi connectivity index (χ1n) is 5.74. The first-order valence-corrected chi connectivity index (χ1v) is 6.62. The Bertz CT molecular complexity index is 320. The number of aromatic nitrogens is 2. The second kappa shape index (κ2) is 5.91. The van der Waals surface area contributed by atoms with E-state index >= 15 is 0 Å². The highest BCUT2D eigenvalue weighted by atomic mass is 32.1. The van der Waals surface area contributed by atoms with E-state index in [2.05, 4.69) is 15.5 Å². The van der Waals surface area contributed by atoms with Gasteiger partial charge in [0.2, 0.25) is 5.13 Å². The predicted molar refractivity (Wildman–Crippen MR) is 62.6 cm³/mol. The predicted octanol–water partition coefficient (Wildman–Crippen LogP) is -0.0645. The van der Waals surface area contributed by atoms with E-state index in [4.69, 9.17) is 0 Å². The van der Waals surface area contributed by atoms with Gasteiger partial charge in [-0.15, -0.1) is 10.2 Å². The van der Waals surface area contributed by atoms with Crippen LogP contribution in [0.3, 0.4) is 0 Å². The third kappa shape index (κ3) is 3.53. The van der Waals surface area contributed by atoms with E-state index in [1.807, 2.05) is 0 Å². The van der Waals surface area contributed by atoms with Crippen molar-refractivity contribution in [2.75, 3.05) is 25.0 Å². The summed E-state index contributed by atoms with van der Waals surface area (Å²) in [5.41, 5.74) is 1.62. The van der Waals surface area contributed by atoms with Gasteiger partial charge in [0.15, 0.2) is 6.54 Å². The van der Waals surface area contributed by atoms with Crippen LogP contribution in [0.1, 0.15) is 25.7 Å². The summed E-state index contributed by atoms with van der Waals surface area (Å²) in [5.74, 6) is 0.0497. The van der Waals surface area contributed by atoms with Crippen LogP contribution >= 0.6 is 11.3 Å². The standard InChI is InChI=1S/C10H16N4OS/c15-9(12-10-13-11-8-16-10)7-14-5-3-1-2-4-6-14/h8H,1-7H2,(H,12,13,15)/p+1. The van der Waals surface area contributed by atoms with Crippen LogP contribution in [-0.4, -0.2) is 35.7 Å². The maximum atomic E-state index is 11.7. The van der Waals surface area contributed by atoms with Crippen molar-refractivity contribution in [3.8, 4) is 0 Å². The molecule has 1 amide bonds. The van der Waals surface area contributed by atoms with Gasteiger partial charge >= 0.3 is 0 Å². The number of carbonyl (C=O) groups is 1. The van der Waals surface area contributed by atoms with Gasteiger partial charge in [0.25, 0.3) is 5.91 Å². The summed E-state index contributed by atoms with van der Waals surface area (Å²) in [7, 11) is 0. The number of rotatable bonds is 3. The van der Waals surface area contributed by atoms with E-state index in [1.165, 1.54) is 41.9 Å². The molecule has 0 saturated carbocycles. The highest BCUT2D eigenvalue weighted by Crippen LogP contribution is 2.06. The van der Waals surface area contributed by atoms with Crippen LogP contribution in [0, 0.1) is 0 Å². The number of anilines is 1. The largest absolute Gasteiger partial charge is 0.327 e. The Morgan fingerprint density at radius 2 is 2.12 bits per heavy atom. The number of nitrogens with zero attached hydrogens (tertiary/aromatic N) is 2. The van der Waals surface area contributed by atoms with Crippen LogP contribution in [0.2, 0.25) is 0 Å². The maximum absolute atomic E-state index is 11.7. The molecule has 0 bridgehead atoms. The molecule has 0 unspecified atom stereocenters. The van der Waals surface area contributed by atoms with E-state index in [1.54, 1.807) is 5.51 Å². The SMILES string of the molecule is O=C(C[NH+]1CCCCCC1)Nc1nncs1. The molecule has 5 nitrogen and oxygen atoms in total. The lowest BCUT2D eigenvalue weighted by atomic mass is 10.2. The van der Waals surface area contributed by atoms with Crippen LogP contribution in [-0.2, 0) is 4.79 Å². The molecule has 0 spiro atoms. The van der Waals surface area contributed by atoms with Crippen molar-refractivity contribution in [1.29, 1.82) is 0 Å². The van der Waals surface area contributed by atoms with Gasteiger partial charge in [0.05, 0.1) is 13.1 Å². The Hall–Kier alpha value is -1.01. The fourth-order valence-corrected chi connectivity index (χ4v) is 2.48. The zero-order chi connectivity index (χ0) is 11.2. The van der Waals surface area contributed by atoms with Gasteiger partial charge in [0, 0.05) is 0 Å². The summed E-state index contributed by atoms with van der Waals surface area (Å²) < 4.78 is 0. The molecule has 1 saturated heterocycles. The summed E-state index contributed by atoms with van der Waals surface area (Å²) in [5, 5.41) is 10.9. The second-order valence-corrected chi connectivity index (χ2v) is 4.97. The summed E-state index contributed by atoms with van der Waals surface area (Å²) in [4.78, 5) is 13.1. The van der Waals surface area contributed by atoms with E-state index < -0.39 is 0 Å². The number of carbonyl (C=O) groups excluding carboxylic acids is 1. The molecular formula is C10H17N4OS+. The van der Waals surface area contributed by atoms with Gasteiger partial charge in [-0.05, 0) is 25.7 Å². The maximum Gasteiger partial charge on any atom is 0.281 e. The van der Waals surface area contributed by atoms with Gasteiger partial charge in [-0.1, -0.05) is 11.3 Å². The minimum absolute atomic E-state index is 0.0497. The Labute approximate surface area is 98.9 Å². The topological polar surface area (TPSA) is 59.3 Å². The monoisotopic (exact) mass is 241 g/mol. The average molecular weight is 241 g/mol. The van der Waals surface area contributed by atoms with Gasteiger partial charge in [-0.3, -0.25) is 10.1 Å². The minimum Gasteiger partial charge on any atom is -0.327 e. The lowest BCUT2D eigenvalue weighted by Crippen LogP contribution is -3.12. The van der Waals surface area contributed by atoms with Crippen molar-refractivity contribution < 1.29 is 9.69 Å². The normalized spacial score (nSPS) is 18.0. The quantitative estimate of drug-likeness (QED) is 0.779. The number of likely N-dealkylation sites (tertiary alicyclic amines) is 1. The minimum atomic E-state index is 0.0497. The van der Waals surface area contributed by atoms with Crippen LogP contribution < -0.4 is 10.2 Å². The van der Waals surface area contributed by atoms with Crippen LogP contribution in [0.4, 0.5) is 5.13 Å². The smallest absolute Gasteiger partial charge is 0.281 e. The first-order chi connectivity index (χ1) is 7.84. The van der Waals surface area contributed by atoms with Crippen molar-refractivity contribution >= 4 is 22.4 Å². The molecule has 0 atom stereocenters. The first kappa shape index (κ1) is 11.5. The number of amides is 1. The molecule has 1 aromatic heterocycles. The van der Waals surface area contributed by atoms with Gasteiger partial charge in [0.1, 0.15) is 5.51 Å². The molecule has 88 valence electrons. The Kier molecular flexibility index (Phi) is 4.24. The molecule has 2 heterocycles. The highest BCUT2D eigenvalue weighted by Gasteiger charge is 2.16. The number of hydrogen-bond acceptors (Lipinski definition) is 4. The molecule has 2 N–H and O–H groups in total.